The largest absolute Gasteiger partial charge is 0.377 e. The quantitative estimate of drug-likeness (QED) is 0.303. The second kappa shape index (κ2) is 9.77. The minimum Gasteiger partial charge on any atom is -0.377 e. The van der Waals surface area contributed by atoms with Gasteiger partial charge in [-0.1, -0.05) is 54.6 Å². The number of ketones is 1. The number of ether oxygens (including phenoxy) is 1. The van der Waals surface area contributed by atoms with E-state index >= 15 is 0 Å². The Kier molecular flexibility index (Phi) is 6.41. The standard InChI is InChI=1S/C28H30N4O2/c1-3-34-19(2)16-29-27-28-30-17-25(32(28)18-24(31-27)21-7-5-4-6-8-21)22-11-13-23(14-12-22)26(33)15-20-9-10-20/h4-8,11-14,17-20H,3,9-10,15-16H2,1-2H3,(H,29,31). The van der Waals surface area contributed by atoms with Gasteiger partial charge in [-0.2, -0.15) is 0 Å². The van der Waals surface area contributed by atoms with E-state index in [1.54, 1.807) is 0 Å². The molecular formula is C28H30N4O2. The number of hydrogen-bond acceptors (Lipinski definition) is 5. The molecular weight excluding hydrogens is 424 g/mol. The summed E-state index contributed by atoms with van der Waals surface area (Å²) in [4.78, 5) is 22.1. The molecule has 34 heavy (non-hydrogen) atoms. The van der Waals surface area contributed by atoms with E-state index < -0.39 is 0 Å². The summed E-state index contributed by atoms with van der Waals surface area (Å²) in [6.07, 6.45) is 6.98. The summed E-state index contributed by atoms with van der Waals surface area (Å²) in [6, 6.07) is 18.0. The average Bonchev–Trinajstić information content (AvgIpc) is 3.58. The van der Waals surface area contributed by atoms with Crippen LogP contribution in [0.2, 0.25) is 0 Å². The molecule has 0 aliphatic heterocycles. The van der Waals surface area contributed by atoms with Crippen LogP contribution < -0.4 is 5.32 Å². The smallest absolute Gasteiger partial charge is 0.180 e. The Morgan fingerprint density at radius 3 is 2.59 bits per heavy atom. The molecule has 1 fully saturated rings. The number of nitrogens with one attached hydrogen (secondary N) is 1. The number of Topliss-reactive ketones (excluding diaryl/α,β-unsaturated/α-hetero) is 1. The molecule has 1 saturated carbocycles. The number of rotatable bonds is 10. The van der Waals surface area contributed by atoms with Crippen LogP contribution in [-0.2, 0) is 4.74 Å². The van der Waals surface area contributed by atoms with Crippen LogP contribution in [-0.4, -0.2) is 39.4 Å². The van der Waals surface area contributed by atoms with Gasteiger partial charge in [-0.25, -0.2) is 9.97 Å². The number of carbonyl (C=O) groups is 1. The van der Waals surface area contributed by atoms with Gasteiger partial charge in [0, 0.05) is 42.5 Å². The van der Waals surface area contributed by atoms with Gasteiger partial charge in [-0.3, -0.25) is 9.20 Å². The van der Waals surface area contributed by atoms with Gasteiger partial charge in [0.05, 0.1) is 23.7 Å². The third kappa shape index (κ3) is 4.87. The number of aromatic nitrogens is 3. The lowest BCUT2D eigenvalue weighted by Crippen LogP contribution is -2.20. The van der Waals surface area contributed by atoms with Crippen LogP contribution in [0, 0.1) is 5.92 Å². The monoisotopic (exact) mass is 454 g/mol. The van der Waals surface area contributed by atoms with Crippen molar-refractivity contribution in [3.63, 3.8) is 0 Å². The molecule has 1 unspecified atom stereocenters. The molecule has 0 radical (unpaired) electrons. The molecule has 1 atom stereocenters. The number of hydrogen-bond donors (Lipinski definition) is 1. The Morgan fingerprint density at radius 1 is 1.12 bits per heavy atom. The van der Waals surface area contributed by atoms with Crippen molar-refractivity contribution in [2.75, 3.05) is 18.5 Å². The number of imidazole rings is 1. The van der Waals surface area contributed by atoms with Crippen molar-refractivity contribution in [3.8, 4) is 22.5 Å². The van der Waals surface area contributed by atoms with E-state index in [9.17, 15) is 4.79 Å². The van der Waals surface area contributed by atoms with Gasteiger partial charge >= 0.3 is 0 Å². The number of anilines is 1. The fourth-order valence-electron chi connectivity index (χ4n) is 4.18. The lowest BCUT2D eigenvalue weighted by molar-refractivity contribution is 0.0855. The molecule has 2 heterocycles. The second-order valence-corrected chi connectivity index (χ2v) is 8.97. The first kappa shape index (κ1) is 22.3. The van der Waals surface area contributed by atoms with E-state index in [0.29, 0.717) is 25.5 Å². The number of fused-ring (bicyclic) bond motifs is 1. The van der Waals surface area contributed by atoms with E-state index in [-0.39, 0.29) is 11.9 Å². The summed E-state index contributed by atoms with van der Waals surface area (Å²) >= 11 is 0. The fourth-order valence-corrected chi connectivity index (χ4v) is 4.18. The molecule has 6 nitrogen and oxygen atoms in total. The predicted molar refractivity (Wildman–Crippen MR) is 135 cm³/mol. The predicted octanol–water partition coefficient (Wildman–Crippen LogP) is 5.88. The van der Waals surface area contributed by atoms with Gasteiger partial charge in [0.25, 0.3) is 0 Å². The molecule has 0 saturated heterocycles. The van der Waals surface area contributed by atoms with Crippen LogP contribution >= 0.6 is 0 Å². The van der Waals surface area contributed by atoms with Crippen LogP contribution in [0.15, 0.2) is 67.0 Å². The topological polar surface area (TPSA) is 68.5 Å². The lowest BCUT2D eigenvalue weighted by Gasteiger charge is -2.15. The van der Waals surface area contributed by atoms with Crippen molar-refractivity contribution in [1.29, 1.82) is 0 Å². The third-order valence-electron chi connectivity index (χ3n) is 6.24. The maximum Gasteiger partial charge on any atom is 0.180 e. The maximum absolute atomic E-state index is 12.5. The van der Waals surface area contributed by atoms with Crippen molar-refractivity contribution in [1.82, 2.24) is 14.4 Å². The summed E-state index contributed by atoms with van der Waals surface area (Å²) in [5.41, 5.74) is 5.39. The van der Waals surface area contributed by atoms with E-state index in [1.807, 2.05) is 68.7 Å². The first-order chi connectivity index (χ1) is 16.6. The third-order valence-corrected chi connectivity index (χ3v) is 6.24. The molecule has 6 heteroatoms. The first-order valence-electron chi connectivity index (χ1n) is 12.0. The zero-order valence-electron chi connectivity index (χ0n) is 19.7. The second-order valence-electron chi connectivity index (χ2n) is 8.97. The van der Waals surface area contributed by atoms with Gasteiger partial charge in [0.15, 0.2) is 17.2 Å². The molecule has 0 amide bonds. The van der Waals surface area contributed by atoms with Crippen molar-refractivity contribution in [2.24, 2.45) is 5.92 Å². The van der Waals surface area contributed by atoms with Crippen molar-refractivity contribution >= 4 is 17.2 Å². The van der Waals surface area contributed by atoms with Crippen LogP contribution in [0.4, 0.5) is 5.82 Å². The lowest BCUT2D eigenvalue weighted by atomic mass is 10.0. The summed E-state index contributed by atoms with van der Waals surface area (Å²) in [5.74, 6) is 1.54. The molecule has 0 spiro atoms. The van der Waals surface area contributed by atoms with Crippen LogP contribution in [0.1, 0.15) is 43.5 Å². The van der Waals surface area contributed by atoms with Crippen LogP contribution in [0.5, 0.6) is 0 Å². The molecule has 1 aliphatic carbocycles. The molecule has 2 aromatic heterocycles. The maximum atomic E-state index is 12.5. The van der Waals surface area contributed by atoms with Gasteiger partial charge < -0.3 is 10.1 Å². The van der Waals surface area contributed by atoms with E-state index in [1.165, 1.54) is 12.8 Å². The van der Waals surface area contributed by atoms with Gasteiger partial charge in [-0.15, -0.1) is 0 Å². The Bertz CT molecular complexity index is 1280. The normalized spacial score (nSPS) is 14.3. The first-order valence-corrected chi connectivity index (χ1v) is 12.0. The minimum absolute atomic E-state index is 0.0578. The number of benzene rings is 2. The zero-order valence-corrected chi connectivity index (χ0v) is 19.7. The summed E-state index contributed by atoms with van der Waals surface area (Å²) < 4.78 is 7.75. The van der Waals surface area contributed by atoms with E-state index in [4.69, 9.17) is 9.72 Å². The highest BCUT2D eigenvalue weighted by molar-refractivity contribution is 5.96. The highest BCUT2D eigenvalue weighted by Gasteiger charge is 2.25. The highest BCUT2D eigenvalue weighted by Crippen LogP contribution is 2.34. The fraction of sp³-hybridized carbons (Fsp3) is 0.321. The van der Waals surface area contributed by atoms with Crippen molar-refractivity contribution in [3.05, 3.63) is 72.6 Å². The summed E-state index contributed by atoms with van der Waals surface area (Å²) in [6.45, 7) is 5.34. The molecule has 1 N–H and O–H groups in total. The molecule has 5 rings (SSSR count). The Labute approximate surface area is 200 Å². The Hall–Kier alpha value is -3.51. The molecule has 2 aromatic carbocycles. The van der Waals surface area contributed by atoms with Gasteiger partial charge in [0.2, 0.25) is 0 Å². The molecule has 4 aromatic rings. The molecule has 174 valence electrons. The van der Waals surface area contributed by atoms with E-state index in [2.05, 4.69) is 26.8 Å². The number of nitrogens with zero attached hydrogens (tertiary/aromatic N) is 3. The van der Waals surface area contributed by atoms with Crippen LogP contribution in [0.3, 0.4) is 0 Å². The van der Waals surface area contributed by atoms with Crippen molar-refractivity contribution < 1.29 is 9.53 Å². The molecule has 0 bridgehead atoms. The van der Waals surface area contributed by atoms with Gasteiger partial charge in [0.1, 0.15) is 0 Å². The summed E-state index contributed by atoms with van der Waals surface area (Å²) in [7, 11) is 0. The Balaban J connectivity index is 1.51. The minimum atomic E-state index is 0.0578. The van der Waals surface area contributed by atoms with Crippen LogP contribution in [0.25, 0.3) is 28.2 Å². The van der Waals surface area contributed by atoms with Gasteiger partial charge in [-0.05, 0) is 32.6 Å². The summed E-state index contributed by atoms with van der Waals surface area (Å²) in [5, 5.41) is 3.43. The average molecular weight is 455 g/mol. The Morgan fingerprint density at radius 2 is 1.88 bits per heavy atom. The zero-order chi connectivity index (χ0) is 23.5. The SMILES string of the molecule is CCOC(C)CNc1nc(-c2ccccc2)cn2c(-c3ccc(C(=O)CC4CC4)cc3)cnc12. The number of carbonyl (C=O) groups excluding carboxylic acids is 1. The van der Waals surface area contributed by atoms with E-state index in [0.717, 1.165) is 39.5 Å². The highest BCUT2D eigenvalue weighted by atomic mass is 16.5. The van der Waals surface area contributed by atoms with Crippen molar-refractivity contribution in [2.45, 2.75) is 39.2 Å². The molecule has 1 aliphatic rings.